The minimum absolute atomic E-state index is 0.0667. The van der Waals surface area contributed by atoms with Gasteiger partial charge in [-0.15, -0.1) is 0 Å². The Labute approximate surface area is 101 Å². The molecule has 0 bridgehead atoms. The van der Waals surface area contributed by atoms with Crippen molar-refractivity contribution in [1.82, 2.24) is 4.90 Å². The van der Waals surface area contributed by atoms with Crippen LogP contribution in [-0.4, -0.2) is 33.7 Å². The molecule has 0 aromatic carbocycles. The zero-order valence-corrected chi connectivity index (χ0v) is 10.8. The van der Waals surface area contributed by atoms with Crippen LogP contribution < -0.4 is 0 Å². The lowest BCUT2D eigenvalue weighted by molar-refractivity contribution is 0.0592. The summed E-state index contributed by atoms with van der Waals surface area (Å²) in [7, 11) is 0. The van der Waals surface area contributed by atoms with Crippen molar-refractivity contribution in [3.63, 3.8) is 0 Å². The van der Waals surface area contributed by atoms with E-state index in [1.807, 2.05) is 27.7 Å². The maximum atomic E-state index is 11.4. The molecule has 0 aromatic rings. The molecule has 0 saturated heterocycles. The molecule has 0 aliphatic heterocycles. The smallest absolute Gasteiger partial charge is 0.407 e. The van der Waals surface area contributed by atoms with Gasteiger partial charge in [-0.1, -0.05) is 12.0 Å². The second-order valence-electron chi connectivity index (χ2n) is 5.70. The third-order valence-electron chi connectivity index (χ3n) is 3.29. The highest BCUT2D eigenvalue weighted by Crippen LogP contribution is 2.35. The normalized spacial score (nSPS) is 28.6. The zero-order valence-electron chi connectivity index (χ0n) is 10.8. The molecule has 0 heterocycles. The summed E-state index contributed by atoms with van der Waals surface area (Å²) in [5.74, 6) is 0.223. The molecular weight excluding hydrogens is 220 g/mol. The number of rotatable bonds is 2. The van der Waals surface area contributed by atoms with Gasteiger partial charge in [0.15, 0.2) is 0 Å². The van der Waals surface area contributed by atoms with Crippen molar-refractivity contribution in [3.05, 3.63) is 10.4 Å². The van der Waals surface area contributed by atoms with Gasteiger partial charge in [0.05, 0.1) is 0 Å². The molecule has 3 atom stereocenters. The largest absolute Gasteiger partial charge is 0.465 e. The molecule has 1 aliphatic carbocycles. The summed E-state index contributed by atoms with van der Waals surface area (Å²) >= 11 is 0. The summed E-state index contributed by atoms with van der Waals surface area (Å²) in [6, 6.07) is -0.146. The number of hydrogen-bond donors (Lipinski definition) is 1. The Morgan fingerprint density at radius 1 is 1.47 bits per heavy atom. The topological polar surface area (TPSA) is 89.3 Å². The average molecular weight is 240 g/mol. The van der Waals surface area contributed by atoms with Crippen molar-refractivity contribution in [2.45, 2.75) is 58.2 Å². The van der Waals surface area contributed by atoms with E-state index in [9.17, 15) is 9.90 Å². The van der Waals surface area contributed by atoms with E-state index >= 15 is 0 Å². The second kappa shape index (κ2) is 4.84. The molecular formula is C11H20N4O2. The van der Waals surface area contributed by atoms with Crippen LogP contribution in [-0.2, 0) is 0 Å². The molecule has 0 spiro atoms. The predicted octanol–water partition coefficient (Wildman–Crippen LogP) is 3.24. The lowest BCUT2D eigenvalue weighted by Crippen LogP contribution is -2.52. The highest BCUT2D eigenvalue weighted by Gasteiger charge is 2.41. The molecule has 0 radical (unpaired) electrons. The first-order valence-electron chi connectivity index (χ1n) is 5.84. The molecule has 1 saturated carbocycles. The van der Waals surface area contributed by atoms with E-state index in [1.54, 1.807) is 0 Å². The molecule has 1 rings (SSSR count). The minimum Gasteiger partial charge on any atom is -0.465 e. The molecule has 1 aliphatic rings. The maximum Gasteiger partial charge on any atom is 0.407 e. The van der Waals surface area contributed by atoms with Crippen molar-refractivity contribution >= 4 is 6.09 Å². The van der Waals surface area contributed by atoms with Crippen LogP contribution in [0.25, 0.3) is 10.4 Å². The monoisotopic (exact) mass is 240 g/mol. The molecule has 0 aromatic heterocycles. The fourth-order valence-corrected chi connectivity index (χ4v) is 2.65. The van der Waals surface area contributed by atoms with E-state index in [0.29, 0.717) is 6.42 Å². The van der Waals surface area contributed by atoms with Gasteiger partial charge >= 0.3 is 6.09 Å². The Morgan fingerprint density at radius 3 is 2.47 bits per heavy atom. The van der Waals surface area contributed by atoms with E-state index < -0.39 is 11.6 Å². The van der Waals surface area contributed by atoms with Gasteiger partial charge in [-0.25, -0.2) is 4.79 Å². The van der Waals surface area contributed by atoms with Crippen LogP contribution in [0.15, 0.2) is 5.11 Å². The molecule has 0 unspecified atom stereocenters. The predicted molar refractivity (Wildman–Crippen MR) is 64.7 cm³/mol. The summed E-state index contributed by atoms with van der Waals surface area (Å²) < 4.78 is 0. The van der Waals surface area contributed by atoms with E-state index in [4.69, 9.17) is 5.53 Å². The van der Waals surface area contributed by atoms with Crippen molar-refractivity contribution in [1.29, 1.82) is 0 Å². The van der Waals surface area contributed by atoms with Crippen LogP contribution in [0.2, 0.25) is 0 Å². The van der Waals surface area contributed by atoms with Gasteiger partial charge in [-0.2, -0.15) is 0 Å². The van der Waals surface area contributed by atoms with Gasteiger partial charge in [0.25, 0.3) is 0 Å². The highest BCUT2D eigenvalue weighted by atomic mass is 16.4. The van der Waals surface area contributed by atoms with Gasteiger partial charge in [0.2, 0.25) is 0 Å². The van der Waals surface area contributed by atoms with Gasteiger partial charge < -0.3 is 10.0 Å². The van der Waals surface area contributed by atoms with Gasteiger partial charge in [0, 0.05) is 22.5 Å². The van der Waals surface area contributed by atoms with Crippen molar-refractivity contribution in [2.75, 3.05) is 0 Å². The number of azide groups is 1. The third-order valence-corrected chi connectivity index (χ3v) is 3.29. The van der Waals surface area contributed by atoms with Crippen LogP contribution in [0.5, 0.6) is 0 Å². The fraction of sp³-hybridized carbons (Fsp3) is 0.909. The Balaban J connectivity index is 2.90. The Hall–Kier alpha value is -1.42. The van der Waals surface area contributed by atoms with Gasteiger partial charge in [-0.05, 0) is 45.1 Å². The third kappa shape index (κ3) is 3.03. The van der Waals surface area contributed by atoms with Crippen LogP contribution >= 0.6 is 0 Å². The minimum atomic E-state index is -0.907. The van der Waals surface area contributed by atoms with Gasteiger partial charge in [0.1, 0.15) is 0 Å². The summed E-state index contributed by atoms with van der Waals surface area (Å²) in [6.07, 6.45) is 0.472. The molecule has 6 nitrogen and oxygen atoms in total. The quantitative estimate of drug-likeness (QED) is 0.456. The first kappa shape index (κ1) is 13.6. The van der Waals surface area contributed by atoms with Crippen LogP contribution in [0, 0.1) is 5.92 Å². The average Bonchev–Trinajstić information content (AvgIpc) is 2.44. The Morgan fingerprint density at radius 2 is 2.06 bits per heavy atom. The number of hydrogen-bond acceptors (Lipinski definition) is 2. The van der Waals surface area contributed by atoms with E-state index in [0.717, 1.165) is 6.42 Å². The summed E-state index contributed by atoms with van der Waals surface area (Å²) in [5.41, 5.74) is 8.00. The number of carbonyl (C=O) groups is 1. The van der Waals surface area contributed by atoms with Crippen molar-refractivity contribution in [3.8, 4) is 0 Å². The SMILES string of the molecule is C[C@@H]1C[C@H](N=[N+]=[N-])C[C@@H]1N(C(=O)O)C(C)(C)C. The molecule has 96 valence electrons. The second-order valence-corrected chi connectivity index (χ2v) is 5.70. The van der Waals surface area contributed by atoms with Crippen LogP contribution in [0.1, 0.15) is 40.5 Å². The van der Waals surface area contributed by atoms with E-state index in [1.165, 1.54) is 4.90 Å². The van der Waals surface area contributed by atoms with Crippen molar-refractivity contribution in [2.24, 2.45) is 11.0 Å². The lowest BCUT2D eigenvalue weighted by Gasteiger charge is -2.40. The Bertz CT molecular complexity index is 344. The first-order valence-corrected chi connectivity index (χ1v) is 5.84. The van der Waals surface area contributed by atoms with Crippen LogP contribution in [0.4, 0.5) is 4.79 Å². The standard InChI is InChI=1S/C11H20N4O2/c1-7-5-8(13-14-12)6-9(7)15(10(16)17)11(2,3)4/h7-9H,5-6H2,1-4H3,(H,16,17)/t7-,8+,9+/m1/s1. The summed E-state index contributed by atoms with van der Waals surface area (Å²) in [4.78, 5) is 15.7. The van der Waals surface area contributed by atoms with E-state index in [2.05, 4.69) is 10.0 Å². The van der Waals surface area contributed by atoms with Crippen molar-refractivity contribution < 1.29 is 9.90 Å². The molecule has 1 amide bonds. The zero-order chi connectivity index (χ0) is 13.2. The number of nitrogens with zero attached hydrogens (tertiary/aromatic N) is 4. The van der Waals surface area contributed by atoms with Gasteiger partial charge in [-0.3, -0.25) is 0 Å². The summed E-state index contributed by atoms with van der Waals surface area (Å²) in [6.45, 7) is 7.66. The first-order chi connectivity index (χ1) is 7.77. The molecule has 17 heavy (non-hydrogen) atoms. The van der Waals surface area contributed by atoms with Crippen LogP contribution in [0.3, 0.4) is 0 Å². The fourth-order valence-electron chi connectivity index (χ4n) is 2.65. The number of carboxylic acid groups (broad SMARTS) is 1. The summed E-state index contributed by atoms with van der Waals surface area (Å²) in [5, 5.41) is 13.0. The molecule has 1 N–H and O–H groups in total. The Kier molecular flexibility index (Phi) is 3.88. The molecule has 1 fully saturated rings. The number of amides is 1. The molecule has 6 heteroatoms. The maximum absolute atomic E-state index is 11.4. The van der Waals surface area contributed by atoms with E-state index in [-0.39, 0.29) is 18.0 Å². The highest BCUT2D eigenvalue weighted by molar-refractivity contribution is 5.66. The lowest BCUT2D eigenvalue weighted by atomic mass is 9.98.